The van der Waals surface area contributed by atoms with Crippen LogP contribution in [0.3, 0.4) is 0 Å². The zero-order valence-electron chi connectivity index (χ0n) is 8.63. The minimum absolute atomic E-state index is 0.0152. The molecule has 0 fully saturated rings. The molecular formula is C10H8F5NO. The van der Waals surface area contributed by atoms with Crippen molar-refractivity contribution in [3.8, 4) is 5.75 Å². The van der Waals surface area contributed by atoms with Gasteiger partial charge in [0.15, 0.2) is 0 Å². The summed E-state index contributed by atoms with van der Waals surface area (Å²) < 4.78 is 64.0. The monoisotopic (exact) mass is 253 g/mol. The van der Waals surface area contributed by atoms with Crippen molar-refractivity contribution in [1.29, 1.82) is 0 Å². The maximum Gasteiger partial charge on any atom is 0.429 e. The number of ether oxygens (including phenoxy) is 1. The van der Waals surface area contributed by atoms with Crippen LogP contribution in [0.5, 0.6) is 5.75 Å². The smallest absolute Gasteiger partial charge is 0.429 e. The Hall–Kier alpha value is -1.66. The summed E-state index contributed by atoms with van der Waals surface area (Å²) in [6, 6.07) is 4.56. The molecule has 0 aliphatic rings. The first-order valence-electron chi connectivity index (χ1n) is 4.46. The van der Waals surface area contributed by atoms with Crippen molar-refractivity contribution >= 4 is 11.4 Å². The summed E-state index contributed by atoms with van der Waals surface area (Å²) in [6.07, 6.45) is -4.50. The molecule has 1 aromatic carbocycles. The fourth-order valence-corrected chi connectivity index (χ4v) is 0.959. The van der Waals surface area contributed by atoms with E-state index < -0.39 is 18.5 Å². The van der Waals surface area contributed by atoms with Gasteiger partial charge >= 0.3 is 12.8 Å². The molecule has 1 aromatic rings. The van der Waals surface area contributed by atoms with Crippen LogP contribution in [0.2, 0.25) is 0 Å². The molecular weight excluding hydrogens is 245 g/mol. The van der Waals surface area contributed by atoms with Crippen LogP contribution in [-0.4, -0.2) is 18.5 Å². The number of hydrogen-bond acceptors (Lipinski definition) is 2. The first-order valence-corrected chi connectivity index (χ1v) is 4.46. The van der Waals surface area contributed by atoms with Crippen molar-refractivity contribution in [2.45, 2.75) is 19.7 Å². The Balaban J connectivity index is 2.82. The molecule has 0 heterocycles. The Morgan fingerprint density at radius 2 is 1.71 bits per heavy atom. The van der Waals surface area contributed by atoms with Gasteiger partial charge in [-0.15, -0.1) is 0 Å². The fraction of sp³-hybridized carbons (Fsp3) is 0.300. The topological polar surface area (TPSA) is 21.6 Å². The fourth-order valence-electron chi connectivity index (χ4n) is 0.959. The lowest BCUT2D eigenvalue weighted by molar-refractivity contribution is -0.0591. The van der Waals surface area contributed by atoms with Crippen molar-refractivity contribution in [1.82, 2.24) is 0 Å². The predicted octanol–water partition coefficient (Wildman–Crippen LogP) is 3.94. The van der Waals surface area contributed by atoms with Crippen molar-refractivity contribution in [2.24, 2.45) is 4.99 Å². The van der Waals surface area contributed by atoms with Gasteiger partial charge in [0.25, 0.3) is 0 Å². The van der Waals surface area contributed by atoms with Gasteiger partial charge in [-0.1, -0.05) is 0 Å². The SMILES string of the molecule is CC(=Nc1ccc(OC(F)F)cc1)C(F)(F)F. The van der Waals surface area contributed by atoms with Gasteiger partial charge in [0.2, 0.25) is 0 Å². The van der Waals surface area contributed by atoms with Crippen molar-refractivity contribution < 1.29 is 26.7 Å². The number of benzene rings is 1. The summed E-state index contributed by atoms with van der Waals surface area (Å²) >= 11 is 0. The summed E-state index contributed by atoms with van der Waals surface area (Å²) in [6.45, 7) is -2.15. The zero-order chi connectivity index (χ0) is 13.1. The minimum atomic E-state index is -4.50. The normalized spacial score (nSPS) is 13.0. The Morgan fingerprint density at radius 3 is 2.12 bits per heavy atom. The standard InChI is InChI=1S/C10H8F5NO/c1-6(10(13,14)15)16-7-2-4-8(5-3-7)17-9(11)12/h2-5,9H,1H3. The average Bonchev–Trinajstić information content (AvgIpc) is 2.18. The molecule has 2 nitrogen and oxygen atoms in total. The summed E-state index contributed by atoms with van der Waals surface area (Å²) in [4.78, 5) is 3.30. The molecule has 0 amide bonds. The molecule has 0 spiro atoms. The van der Waals surface area contributed by atoms with Crippen LogP contribution in [0.15, 0.2) is 29.3 Å². The van der Waals surface area contributed by atoms with Crippen LogP contribution in [0.4, 0.5) is 27.6 Å². The number of alkyl halides is 5. The first-order chi connectivity index (χ1) is 7.79. The number of rotatable bonds is 3. The van der Waals surface area contributed by atoms with E-state index in [4.69, 9.17) is 0 Å². The van der Waals surface area contributed by atoms with E-state index in [0.717, 1.165) is 31.2 Å². The lowest BCUT2D eigenvalue weighted by Gasteiger charge is -2.06. The summed E-state index contributed by atoms with van der Waals surface area (Å²) in [7, 11) is 0. The summed E-state index contributed by atoms with van der Waals surface area (Å²) in [5, 5.41) is 0. The van der Waals surface area contributed by atoms with Crippen molar-refractivity contribution in [3.05, 3.63) is 24.3 Å². The number of aliphatic imine (C=N–C) groups is 1. The Bertz CT molecular complexity index is 396. The molecule has 0 unspecified atom stereocenters. The highest BCUT2D eigenvalue weighted by Gasteiger charge is 2.31. The van der Waals surface area contributed by atoms with Crippen LogP contribution in [0.1, 0.15) is 6.92 Å². The molecule has 0 saturated heterocycles. The van der Waals surface area contributed by atoms with E-state index in [1.807, 2.05) is 0 Å². The van der Waals surface area contributed by atoms with E-state index in [-0.39, 0.29) is 11.4 Å². The van der Waals surface area contributed by atoms with E-state index in [0.29, 0.717) is 0 Å². The van der Waals surface area contributed by atoms with Crippen LogP contribution < -0.4 is 4.74 Å². The molecule has 94 valence electrons. The molecule has 0 aromatic heterocycles. The molecule has 0 saturated carbocycles. The highest BCUT2D eigenvalue weighted by atomic mass is 19.4. The Kier molecular flexibility index (Phi) is 4.03. The second kappa shape index (κ2) is 5.11. The van der Waals surface area contributed by atoms with Crippen molar-refractivity contribution in [3.63, 3.8) is 0 Å². The first kappa shape index (κ1) is 13.4. The summed E-state index contributed by atoms with van der Waals surface area (Å²) in [5.74, 6) is -0.136. The molecule has 7 heteroatoms. The van der Waals surface area contributed by atoms with Gasteiger partial charge in [0.05, 0.1) is 5.69 Å². The molecule has 0 N–H and O–H groups in total. The molecule has 0 atom stereocenters. The second-order valence-corrected chi connectivity index (χ2v) is 3.07. The van der Waals surface area contributed by atoms with Crippen LogP contribution in [0.25, 0.3) is 0 Å². The predicted molar refractivity (Wildman–Crippen MR) is 51.9 cm³/mol. The van der Waals surface area contributed by atoms with Gasteiger partial charge in [0.1, 0.15) is 11.5 Å². The maximum atomic E-state index is 12.1. The molecule has 0 aliphatic carbocycles. The third-order valence-corrected chi connectivity index (χ3v) is 1.77. The highest BCUT2D eigenvalue weighted by molar-refractivity contribution is 5.89. The molecule has 0 aliphatic heterocycles. The third kappa shape index (κ3) is 4.38. The van der Waals surface area contributed by atoms with Crippen LogP contribution >= 0.6 is 0 Å². The average molecular weight is 253 g/mol. The molecule has 17 heavy (non-hydrogen) atoms. The van der Waals surface area contributed by atoms with Crippen LogP contribution in [0, 0.1) is 0 Å². The highest BCUT2D eigenvalue weighted by Crippen LogP contribution is 2.23. The maximum absolute atomic E-state index is 12.1. The van der Waals surface area contributed by atoms with Crippen LogP contribution in [-0.2, 0) is 0 Å². The second-order valence-electron chi connectivity index (χ2n) is 3.07. The molecule has 0 radical (unpaired) electrons. The van der Waals surface area contributed by atoms with Gasteiger partial charge in [0, 0.05) is 0 Å². The third-order valence-electron chi connectivity index (χ3n) is 1.77. The number of nitrogens with zero attached hydrogens (tertiary/aromatic N) is 1. The molecule has 1 rings (SSSR count). The number of halogens is 5. The Labute approximate surface area is 93.7 Å². The summed E-state index contributed by atoms with van der Waals surface area (Å²) in [5.41, 5.74) is -0.999. The lowest BCUT2D eigenvalue weighted by Crippen LogP contribution is -2.18. The van der Waals surface area contributed by atoms with E-state index in [1.54, 1.807) is 0 Å². The minimum Gasteiger partial charge on any atom is -0.435 e. The van der Waals surface area contributed by atoms with Gasteiger partial charge in [-0.3, -0.25) is 0 Å². The lowest BCUT2D eigenvalue weighted by atomic mass is 10.3. The largest absolute Gasteiger partial charge is 0.435 e. The van der Waals surface area contributed by atoms with Gasteiger partial charge in [-0.2, -0.15) is 22.0 Å². The van der Waals surface area contributed by atoms with Gasteiger partial charge < -0.3 is 4.74 Å². The van der Waals surface area contributed by atoms with E-state index in [2.05, 4.69) is 9.73 Å². The quantitative estimate of drug-likeness (QED) is 0.590. The van der Waals surface area contributed by atoms with E-state index in [9.17, 15) is 22.0 Å². The van der Waals surface area contributed by atoms with Gasteiger partial charge in [-0.05, 0) is 31.2 Å². The van der Waals surface area contributed by atoms with Gasteiger partial charge in [-0.25, -0.2) is 4.99 Å². The zero-order valence-corrected chi connectivity index (χ0v) is 8.63. The van der Waals surface area contributed by atoms with E-state index in [1.165, 1.54) is 0 Å². The van der Waals surface area contributed by atoms with Crippen molar-refractivity contribution in [2.75, 3.05) is 0 Å². The molecule has 0 bridgehead atoms. The Morgan fingerprint density at radius 1 is 1.18 bits per heavy atom. The van der Waals surface area contributed by atoms with E-state index >= 15 is 0 Å². The number of hydrogen-bond donors (Lipinski definition) is 0.